The minimum absolute atomic E-state index is 0.0557. The molecule has 0 bridgehead atoms. The van der Waals surface area contributed by atoms with Crippen molar-refractivity contribution in [1.29, 1.82) is 0 Å². The molecule has 3 aromatic rings. The Balaban J connectivity index is 0.00000155. The fraction of sp³-hybridized carbons (Fsp3) is 0.296. The summed E-state index contributed by atoms with van der Waals surface area (Å²) in [6, 6.07) is 6.96. The first-order valence-electron chi connectivity index (χ1n) is 12.4. The molecule has 12 nitrogen and oxygen atoms in total. The molecule has 15 heteroatoms. The molecule has 2 heterocycles. The molecule has 3 amide bonds. The lowest BCUT2D eigenvalue weighted by Gasteiger charge is -2.39. The van der Waals surface area contributed by atoms with Gasteiger partial charge in [0, 0.05) is 31.4 Å². The summed E-state index contributed by atoms with van der Waals surface area (Å²) in [4.78, 5) is 53.3. The minimum atomic E-state index is -1.14. The van der Waals surface area contributed by atoms with Crippen LogP contribution in [0.1, 0.15) is 21.0 Å². The van der Waals surface area contributed by atoms with Crippen molar-refractivity contribution in [2.75, 3.05) is 46.2 Å². The molecule has 1 fully saturated rings. The summed E-state index contributed by atoms with van der Waals surface area (Å²) in [5.74, 6) is -3.59. The summed E-state index contributed by atoms with van der Waals surface area (Å²) in [6.07, 6.45) is 1.26. The van der Waals surface area contributed by atoms with Crippen LogP contribution >= 0.6 is 11.6 Å². The minimum Gasteiger partial charge on any atom is -0.494 e. The van der Waals surface area contributed by atoms with Gasteiger partial charge in [0.1, 0.15) is 0 Å². The average Bonchev–Trinajstić information content (AvgIpc) is 3.28. The maximum atomic E-state index is 14.6. The first-order chi connectivity index (χ1) is 19.9. The molecule has 0 spiro atoms. The molecule has 0 saturated carbocycles. The number of ether oxygens (including phenoxy) is 1. The number of carbonyl (C=O) groups is 4. The molecule has 0 radical (unpaired) electrons. The second-order valence-corrected chi connectivity index (χ2v) is 9.84. The molecule has 1 saturated heterocycles. The van der Waals surface area contributed by atoms with Gasteiger partial charge in [-0.05, 0) is 44.4 Å². The van der Waals surface area contributed by atoms with E-state index in [1.54, 1.807) is 23.9 Å². The number of imidazole rings is 1. The predicted molar refractivity (Wildman–Crippen MR) is 150 cm³/mol. The van der Waals surface area contributed by atoms with Crippen LogP contribution in [0, 0.1) is 11.6 Å². The number of amides is 3. The monoisotopic (exact) mass is 606 g/mol. The quantitative estimate of drug-likeness (QED) is 0.332. The van der Waals surface area contributed by atoms with Gasteiger partial charge in [0.2, 0.25) is 11.7 Å². The van der Waals surface area contributed by atoms with Crippen LogP contribution in [0.5, 0.6) is 5.75 Å². The van der Waals surface area contributed by atoms with Gasteiger partial charge in [0.25, 0.3) is 18.3 Å². The van der Waals surface area contributed by atoms with Gasteiger partial charge in [-0.1, -0.05) is 11.6 Å². The van der Waals surface area contributed by atoms with Crippen molar-refractivity contribution in [3.8, 4) is 17.0 Å². The van der Waals surface area contributed by atoms with Crippen molar-refractivity contribution in [2.45, 2.75) is 6.04 Å². The van der Waals surface area contributed by atoms with Crippen LogP contribution in [0.3, 0.4) is 0 Å². The van der Waals surface area contributed by atoms with E-state index in [0.29, 0.717) is 18.8 Å². The molecule has 224 valence electrons. The standard InChI is InChI=1S/C26H27ClF2N6O4.CH2O2/c1-33(2)13-21(36)31-15-11-35(12-15)26(38)16-6-5-14(9-18(16)27)32-25(37)24-30-10-19(34(24)3)17-7-8-20(39-4)23(29)22(17)28;2-1-3/h5-10,15H,11-13H2,1-4H3,(H,31,36)(H,32,37);1H,(H,2,3). The van der Waals surface area contributed by atoms with Gasteiger partial charge in [-0.25, -0.2) is 9.37 Å². The number of nitrogens with zero attached hydrogens (tertiary/aromatic N) is 4. The normalized spacial score (nSPS) is 12.6. The Kier molecular flexibility index (Phi) is 10.6. The van der Waals surface area contributed by atoms with Crippen LogP contribution in [0.4, 0.5) is 14.5 Å². The Morgan fingerprint density at radius 2 is 1.86 bits per heavy atom. The number of likely N-dealkylation sites (tertiary alicyclic amines) is 1. The SMILES string of the molecule is COc1ccc(-c2cnc(C(=O)Nc3ccc(C(=O)N4CC(NC(=O)CN(C)C)C4)c(Cl)c3)n2C)c(F)c1F.O=CO. The van der Waals surface area contributed by atoms with Gasteiger partial charge in [-0.3, -0.25) is 19.2 Å². The number of likely N-dealkylation sites (N-methyl/N-ethyl adjacent to an activating group) is 1. The van der Waals surface area contributed by atoms with E-state index >= 15 is 0 Å². The number of benzene rings is 2. The number of aromatic nitrogens is 2. The Labute approximate surface area is 244 Å². The number of methoxy groups -OCH3 is 1. The van der Waals surface area contributed by atoms with E-state index < -0.39 is 17.5 Å². The molecule has 1 aliphatic rings. The second kappa shape index (κ2) is 13.9. The van der Waals surface area contributed by atoms with Gasteiger partial charge in [0.05, 0.1) is 42.2 Å². The number of carbonyl (C=O) groups excluding carboxylic acids is 3. The third-order valence-corrected chi connectivity index (χ3v) is 6.50. The van der Waals surface area contributed by atoms with Crippen molar-refractivity contribution in [2.24, 2.45) is 7.05 Å². The highest BCUT2D eigenvalue weighted by Crippen LogP contribution is 2.30. The number of nitrogens with one attached hydrogen (secondary N) is 2. The lowest BCUT2D eigenvalue weighted by atomic mass is 10.1. The molecule has 0 unspecified atom stereocenters. The summed E-state index contributed by atoms with van der Waals surface area (Å²) in [6.45, 7) is 0.750. The summed E-state index contributed by atoms with van der Waals surface area (Å²) in [5, 5.41) is 12.5. The van der Waals surface area contributed by atoms with Crippen molar-refractivity contribution < 1.29 is 37.8 Å². The Hall–Kier alpha value is -4.56. The first kappa shape index (κ1) is 32.0. The van der Waals surface area contributed by atoms with Crippen LogP contribution < -0.4 is 15.4 Å². The number of hydrogen-bond acceptors (Lipinski definition) is 7. The lowest BCUT2D eigenvalue weighted by molar-refractivity contribution is -0.124. The van der Waals surface area contributed by atoms with Crippen molar-refractivity contribution >= 4 is 41.5 Å². The van der Waals surface area contributed by atoms with Crippen molar-refractivity contribution in [3.63, 3.8) is 0 Å². The predicted octanol–water partition coefficient (Wildman–Crippen LogP) is 2.48. The molecule has 4 rings (SSSR count). The van der Waals surface area contributed by atoms with Crippen LogP contribution in [-0.2, 0) is 16.6 Å². The van der Waals surface area contributed by atoms with Crippen LogP contribution in [0.15, 0.2) is 36.5 Å². The van der Waals surface area contributed by atoms with Crippen LogP contribution in [0.25, 0.3) is 11.3 Å². The number of rotatable bonds is 8. The Bertz CT molecular complexity index is 1490. The van der Waals surface area contributed by atoms with E-state index in [9.17, 15) is 23.2 Å². The fourth-order valence-electron chi connectivity index (χ4n) is 4.18. The van der Waals surface area contributed by atoms with Gasteiger partial charge < -0.3 is 34.8 Å². The average molecular weight is 607 g/mol. The number of anilines is 1. The Morgan fingerprint density at radius 1 is 1.19 bits per heavy atom. The number of halogens is 3. The highest BCUT2D eigenvalue weighted by molar-refractivity contribution is 6.34. The van der Waals surface area contributed by atoms with E-state index in [2.05, 4.69) is 15.6 Å². The summed E-state index contributed by atoms with van der Waals surface area (Å²) >= 11 is 6.35. The largest absolute Gasteiger partial charge is 0.494 e. The highest BCUT2D eigenvalue weighted by atomic mass is 35.5. The number of carboxylic acid groups (broad SMARTS) is 1. The zero-order chi connectivity index (χ0) is 31.1. The van der Waals surface area contributed by atoms with Crippen molar-refractivity contribution in [3.05, 3.63) is 64.6 Å². The maximum absolute atomic E-state index is 14.6. The Morgan fingerprint density at radius 3 is 2.45 bits per heavy atom. The zero-order valence-corrected chi connectivity index (χ0v) is 23.9. The van der Waals surface area contributed by atoms with Crippen molar-refractivity contribution in [1.82, 2.24) is 24.7 Å². The van der Waals surface area contributed by atoms with E-state index in [0.717, 1.165) is 0 Å². The van der Waals surface area contributed by atoms with E-state index in [4.69, 9.17) is 26.2 Å². The summed E-state index contributed by atoms with van der Waals surface area (Å²) in [5.41, 5.74) is 0.664. The molecule has 3 N–H and O–H groups in total. The van der Waals surface area contributed by atoms with E-state index in [1.165, 1.54) is 55.3 Å². The summed E-state index contributed by atoms with van der Waals surface area (Å²) in [7, 11) is 6.32. The highest BCUT2D eigenvalue weighted by Gasteiger charge is 2.33. The summed E-state index contributed by atoms with van der Waals surface area (Å²) < 4.78 is 34.9. The fourth-order valence-corrected chi connectivity index (χ4v) is 4.44. The van der Waals surface area contributed by atoms with Gasteiger partial charge in [-0.15, -0.1) is 0 Å². The van der Waals surface area contributed by atoms with Gasteiger partial charge in [-0.2, -0.15) is 4.39 Å². The van der Waals surface area contributed by atoms with Gasteiger partial charge >= 0.3 is 0 Å². The third kappa shape index (κ3) is 7.19. The molecule has 42 heavy (non-hydrogen) atoms. The topological polar surface area (TPSA) is 146 Å². The van der Waals surface area contributed by atoms with Crippen LogP contribution in [-0.4, -0.2) is 95.5 Å². The van der Waals surface area contributed by atoms with E-state index in [-0.39, 0.29) is 64.3 Å². The third-order valence-electron chi connectivity index (χ3n) is 6.19. The zero-order valence-electron chi connectivity index (χ0n) is 23.2. The molecule has 2 aromatic carbocycles. The molecule has 1 aliphatic heterocycles. The number of hydrogen-bond donors (Lipinski definition) is 3. The lowest BCUT2D eigenvalue weighted by Crippen LogP contribution is -2.61. The molecule has 0 atom stereocenters. The molecular formula is C27H29ClF2N6O6. The molecule has 1 aromatic heterocycles. The smallest absolute Gasteiger partial charge is 0.291 e. The van der Waals surface area contributed by atoms with E-state index in [1.807, 2.05) is 0 Å². The molecular weight excluding hydrogens is 578 g/mol. The first-order valence-corrected chi connectivity index (χ1v) is 12.8. The molecule has 0 aliphatic carbocycles. The second-order valence-electron chi connectivity index (χ2n) is 9.44. The van der Waals surface area contributed by atoms with Crippen LogP contribution in [0.2, 0.25) is 5.02 Å². The maximum Gasteiger partial charge on any atom is 0.291 e. The van der Waals surface area contributed by atoms with Gasteiger partial charge in [0.15, 0.2) is 17.4 Å².